The van der Waals surface area contributed by atoms with Gasteiger partial charge in [-0.25, -0.2) is 4.98 Å². The van der Waals surface area contributed by atoms with Crippen molar-refractivity contribution in [2.75, 3.05) is 0 Å². The van der Waals surface area contributed by atoms with Gasteiger partial charge >= 0.3 is 0 Å². The third kappa shape index (κ3) is 2.71. The van der Waals surface area contributed by atoms with Crippen molar-refractivity contribution >= 4 is 22.2 Å². The minimum absolute atomic E-state index is 0.323. The third-order valence-corrected chi connectivity index (χ3v) is 2.78. The first-order valence-corrected chi connectivity index (χ1v) is 5.84. The molecule has 0 aliphatic rings. The van der Waals surface area contributed by atoms with Gasteiger partial charge in [-0.2, -0.15) is 0 Å². The second kappa shape index (κ2) is 5.10. The lowest BCUT2D eigenvalue weighted by Gasteiger charge is -2.09. The Bertz CT molecular complexity index is 555. The number of aldehydes is 1. The number of carbonyl (C=O) groups is 1. The molecule has 3 nitrogen and oxygen atoms in total. The van der Waals surface area contributed by atoms with E-state index >= 15 is 0 Å². The highest BCUT2D eigenvalue weighted by atomic mass is 79.9. The van der Waals surface area contributed by atoms with E-state index in [4.69, 9.17) is 4.74 Å². The topological polar surface area (TPSA) is 39.2 Å². The van der Waals surface area contributed by atoms with E-state index < -0.39 is 0 Å². The van der Waals surface area contributed by atoms with Gasteiger partial charge in [0.2, 0.25) is 5.88 Å². The molecule has 0 radical (unpaired) electrons. The number of pyridine rings is 1. The van der Waals surface area contributed by atoms with Gasteiger partial charge in [0.1, 0.15) is 5.75 Å². The monoisotopic (exact) mass is 291 g/mol. The highest BCUT2D eigenvalue weighted by Crippen LogP contribution is 2.28. The maximum atomic E-state index is 10.8. The fourth-order valence-electron chi connectivity index (χ4n) is 1.37. The first-order chi connectivity index (χ1) is 8.20. The average Bonchev–Trinajstić information content (AvgIpc) is 2.34. The molecule has 1 aromatic carbocycles. The van der Waals surface area contributed by atoms with Crippen LogP contribution in [0.5, 0.6) is 11.6 Å². The fourth-order valence-corrected chi connectivity index (χ4v) is 1.71. The zero-order valence-corrected chi connectivity index (χ0v) is 10.8. The molecule has 17 heavy (non-hydrogen) atoms. The molecule has 0 atom stereocenters. The molecule has 0 aliphatic heterocycles. The smallest absolute Gasteiger partial charge is 0.229 e. The van der Waals surface area contributed by atoms with Crippen molar-refractivity contribution in [2.45, 2.75) is 6.92 Å². The maximum absolute atomic E-state index is 10.8. The van der Waals surface area contributed by atoms with E-state index in [1.165, 1.54) is 0 Å². The lowest BCUT2D eigenvalue weighted by atomic mass is 10.2. The highest BCUT2D eigenvalue weighted by molar-refractivity contribution is 9.10. The Hall–Kier alpha value is -1.68. The summed E-state index contributed by atoms with van der Waals surface area (Å²) >= 11 is 3.38. The molecule has 0 amide bonds. The van der Waals surface area contributed by atoms with Crippen LogP contribution in [0.1, 0.15) is 15.9 Å². The maximum Gasteiger partial charge on any atom is 0.229 e. The number of benzene rings is 1. The molecule has 2 aromatic rings. The molecule has 4 heteroatoms. The molecular formula is C13H10BrNO2. The van der Waals surface area contributed by atoms with Crippen molar-refractivity contribution in [3.63, 3.8) is 0 Å². The van der Waals surface area contributed by atoms with Gasteiger partial charge < -0.3 is 4.74 Å². The Morgan fingerprint density at radius 3 is 2.94 bits per heavy atom. The molecule has 0 bridgehead atoms. The molecule has 1 heterocycles. The minimum atomic E-state index is 0.323. The van der Waals surface area contributed by atoms with Crippen molar-refractivity contribution in [2.24, 2.45) is 0 Å². The molecule has 0 unspecified atom stereocenters. The molecule has 0 aliphatic carbocycles. The number of halogens is 1. The Labute approximate surface area is 108 Å². The number of hydrogen-bond acceptors (Lipinski definition) is 3. The van der Waals surface area contributed by atoms with Crippen LogP contribution in [0.2, 0.25) is 0 Å². The summed E-state index contributed by atoms with van der Waals surface area (Å²) in [6, 6.07) is 9.08. The SMILES string of the molecule is Cc1ccc(Br)cc1Oc1ncccc1C=O. The number of nitrogens with zero attached hydrogens (tertiary/aromatic N) is 1. The predicted octanol–water partition coefficient (Wildman–Crippen LogP) is 3.76. The van der Waals surface area contributed by atoms with E-state index in [1.54, 1.807) is 18.3 Å². The van der Waals surface area contributed by atoms with Gasteiger partial charge in [0, 0.05) is 10.7 Å². The number of carbonyl (C=O) groups excluding carboxylic acids is 1. The van der Waals surface area contributed by atoms with Gasteiger partial charge in [-0.05, 0) is 36.8 Å². The summed E-state index contributed by atoms with van der Waals surface area (Å²) < 4.78 is 6.56. The number of aromatic nitrogens is 1. The van der Waals surface area contributed by atoms with Crippen molar-refractivity contribution in [1.82, 2.24) is 4.98 Å². The standard InChI is InChI=1S/C13H10BrNO2/c1-9-4-5-11(14)7-12(9)17-13-10(8-16)3-2-6-15-13/h2-8H,1H3. The van der Waals surface area contributed by atoms with Crippen LogP contribution in [0.15, 0.2) is 41.0 Å². The van der Waals surface area contributed by atoms with E-state index in [-0.39, 0.29) is 0 Å². The van der Waals surface area contributed by atoms with Crippen molar-refractivity contribution in [3.05, 3.63) is 52.1 Å². The molecule has 0 saturated carbocycles. The summed E-state index contributed by atoms with van der Waals surface area (Å²) in [5, 5.41) is 0. The van der Waals surface area contributed by atoms with Crippen LogP contribution < -0.4 is 4.74 Å². The van der Waals surface area contributed by atoms with Crippen LogP contribution in [0, 0.1) is 6.92 Å². The molecular weight excluding hydrogens is 282 g/mol. The Kier molecular flexibility index (Phi) is 3.54. The average molecular weight is 292 g/mol. The summed E-state index contributed by atoms with van der Waals surface area (Å²) in [6.07, 6.45) is 2.32. The Balaban J connectivity index is 2.37. The van der Waals surface area contributed by atoms with Gasteiger partial charge in [0.25, 0.3) is 0 Å². The predicted molar refractivity (Wildman–Crippen MR) is 68.6 cm³/mol. The second-order valence-electron chi connectivity index (χ2n) is 3.53. The largest absolute Gasteiger partial charge is 0.438 e. The molecule has 2 rings (SSSR count). The van der Waals surface area contributed by atoms with Crippen molar-refractivity contribution in [3.8, 4) is 11.6 Å². The van der Waals surface area contributed by atoms with Gasteiger partial charge in [-0.1, -0.05) is 22.0 Å². The minimum Gasteiger partial charge on any atom is -0.438 e. The second-order valence-corrected chi connectivity index (χ2v) is 4.44. The summed E-state index contributed by atoms with van der Waals surface area (Å²) in [5.41, 5.74) is 1.42. The number of ether oxygens (including phenoxy) is 1. The van der Waals surface area contributed by atoms with Crippen molar-refractivity contribution in [1.29, 1.82) is 0 Å². The van der Waals surface area contributed by atoms with Gasteiger partial charge in [0.15, 0.2) is 6.29 Å². The summed E-state index contributed by atoms with van der Waals surface area (Å²) in [5.74, 6) is 1.00. The van der Waals surface area contributed by atoms with Gasteiger partial charge in [-0.3, -0.25) is 4.79 Å². The number of rotatable bonds is 3. The zero-order chi connectivity index (χ0) is 12.3. The molecule has 0 fully saturated rings. The van der Waals surface area contributed by atoms with Crippen LogP contribution >= 0.6 is 15.9 Å². The molecule has 0 saturated heterocycles. The van der Waals surface area contributed by atoms with Crippen LogP contribution in [-0.4, -0.2) is 11.3 Å². The van der Waals surface area contributed by atoms with Crippen LogP contribution in [-0.2, 0) is 0 Å². The normalized spacial score (nSPS) is 10.0. The Morgan fingerprint density at radius 2 is 2.18 bits per heavy atom. The summed E-state index contributed by atoms with van der Waals surface area (Å²) in [6.45, 7) is 1.94. The van der Waals surface area contributed by atoms with Crippen LogP contribution in [0.3, 0.4) is 0 Å². The van der Waals surface area contributed by atoms with E-state index in [0.717, 1.165) is 16.3 Å². The lowest BCUT2D eigenvalue weighted by molar-refractivity contribution is 0.112. The first-order valence-electron chi connectivity index (χ1n) is 5.05. The molecule has 86 valence electrons. The first kappa shape index (κ1) is 11.8. The van der Waals surface area contributed by atoms with E-state index in [9.17, 15) is 4.79 Å². The van der Waals surface area contributed by atoms with E-state index in [2.05, 4.69) is 20.9 Å². The van der Waals surface area contributed by atoms with Crippen LogP contribution in [0.4, 0.5) is 0 Å². The summed E-state index contributed by atoms with van der Waals surface area (Å²) in [4.78, 5) is 14.9. The lowest BCUT2D eigenvalue weighted by Crippen LogP contribution is -1.94. The molecule has 1 aromatic heterocycles. The third-order valence-electron chi connectivity index (χ3n) is 2.28. The van der Waals surface area contributed by atoms with E-state index in [0.29, 0.717) is 17.2 Å². The van der Waals surface area contributed by atoms with Crippen LogP contribution in [0.25, 0.3) is 0 Å². The zero-order valence-electron chi connectivity index (χ0n) is 9.18. The number of hydrogen-bond donors (Lipinski definition) is 0. The number of aryl methyl sites for hydroxylation is 1. The Morgan fingerprint density at radius 1 is 1.35 bits per heavy atom. The van der Waals surface area contributed by atoms with E-state index in [1.807, 2.05) is 25.1 Å². The fraction of sp³-hybridized carbons (Fsp3) is 0.0769. The summed E-state index contributed by atoms with van der Waals surface area (Å²) in [7, 11) is 0. The highest BCUT2D eigenvalue weighted by Gasteiger charge is 2.07. The molecule has 0 N–H and O–H groups in total. The van der Waals surface area contributed by atoms with Crippen molar-refractivity contribution < 1.29 is 9.53 Å². The molecule has 0 spiro atoms. The quantitative estimate of drug-likeness (QED) is 0.809. The van der Waals surface area contributed by atoms with Gasteiger partial charge in [0.05, 0.1) is 5.56 Å². The van der Waals surface area contributed by atoms with Gasteiger partial charge in [-0.15, -0.1) is 0 Å².